The molecule has 1 unspecified atom stereocenters. The minimum atomic E-state index is -0.398. The van der Waals surface area contributed by atoms with Gasteiger partial charge < -0.3 is 10.0 Å². The molecule has 1 aliphatic heterocycles. The van der Waals surface area contributed by atoms with Crippen molar-refractivity contribution >= 4 is 5.91 Å². The first-order valence-corrected chi connectivity index (χ1v) is 6.28. The van der Waals surface area contributed by atoms with Crippen LogP contribution in [-0.4, -0.2) is 35.1 Å². The summed E-state index contributed by atoms with van der Waals surface area (Å²) < 4.78 is 0. The summed E-state index contributed by atoms with van der Waals surface area (Å²) in [6.45, 7) is 9.67. The fraction of sp³-hybridized carbons (Fsp3) is 0.923. The molecule has 0 bridgehead atoms. The molecule has 1 rings (SSSR count). The molecule has 0 aromatic carbocycles. The van der Waals surface area contributed by atoms with Crippen LogP contribution in [0.2, 0.25) is 0 Å². The van der Waals surface area contributed by atoms with Crippen LogP contribution in [0.4, 0.5) is 0 Å². The lowest BCUT2D eigenvalue weighted by Crippen LogP contribution is -2.39. The highest BCUT2D eigenvalue weighted by molar-refractivity contribution is 5.76. The third-order valence-electron chi connectivity index (χ3n) is 3.60. The molecule has 0 radical (unpaired) electrons. The number of aliphatic hydroxyl groups is 1. The van der Waals surface area contributed by atoms with Crippen LogP contribution >= 0.6 is 0 Å². The van der Waals surface area contributed by atoms with Crippen LogP contribution in [0, 0.1) is 11.3 Å². The van der Waals surface area contributed by atoms with Gasteiger partial charge in [0.15, 0.2) is 0 Å². The molecule has 1 amide bonds. The van der Waals surface area contributed by atoms with E-state index < -0.39 is 6.10 Å². The van der Waals surface area contributed by atoms with Gasteiger partial charge in [0.05, 0.1) is 6.10 Å². The average molecular weight is 227 g/mol. The van der Waals surface area contributed by atoms with Gasteiger partial charge in [-0.25, -0.2) is 0 Å². The predicted octanol–water partition coefficient (Wildman–Crippen LogP) is 2.04. The zero-order valence-corrected chi connectivity index (χ0v) is 11.0. The number of β-amino-alcohol motifs (C(OH)–C–C–N with tert-alkyl or cyclic N) is 1. The number of aliphatic hydroxyl groups excluding tert-OH is 1. The van der Waals surface area contributed by atoms with Gasteiger partial charge in [-0.15, -0.1) is 0 Å². The minimum absolute atomic E-state index is 0.199. The fourth-order valence-corrected chi connectivity index (χ4v) is 1.92. The Bertz CT molecular complexity index is 248. The summed E-state index contributed by atoms with van der Waals surface area (Å²) in [5.74, 6) is 0.411. The molecule has 1 fully saturated rings. The van der Waals surface area contributed by atoms with Crippen LogP contribution in [-0.2, 0) is 4.79 Å². The molecular formula is C13H25NO2. The maximum atomic E-state index is 11.9. The first-order valence-electron chi connectivity index (χ1n) is 6.28. The summed E-state index contributed by atoms with van der Waals surface area (Å²) in [6, 6.07) is 0. The summed E-state index contributed by atoms with van der Waals surface area (Å²) >= 11 is 0. The lowest BCUT2D eigenvalue weighted by atomic mass is 9.85. The number of carbonyl (C=O) groups excluding carboxylic acids is 1. The predicted molar refractivity (Wildman–Crippen MR) is 65.1 cm³/mol. The Labute approximate surface area is 98.8 Å². The van der Waals surface area contributed by atoms with E-state index in [0.29, 0.717) is 13.0 Å². The molecule has 0 saturated carbocycles. The van der Waals surface area contributed by atoms with Crippen molar-refractivity contribution in [3.63, 3.8) is 0 Å². The van der Waals surface area contributed by atoms with Crippen LogP contribution in [0.15, 0.2) is 0 Å². The normalized spacial score (nSPS) is 23.4. The Balaban J connectivity index is 2.56. The van der Waals surface area contributed by atoms with Crippen molar-refractivity contribution in [3.05, 3.63) is 0 Å². The lowest BCUT2D eigenvalue weighted by molar-refractivity contribution is -0.132. The third-order valence-corrected chi connectivity index (χ3v) is 3.60. The second-order valence-corrected chi connectivity index (χ2v) is 6.07. The standard InChI is InChI=1S/C13H25NO2/c1-10(2)11(15)9-14-8-7-13(3,4)6-5-12(14)16/h10-11,15H,5-9H2,1-4H3. The lowest BCUT2D eigenvalue weighted by Gasteiger charge is -2.26. The third kappa shape index (κ3) is 3.78. The van der Waals surface area contributed by atoms with Gasteiger partial charge in [0.25, 0.3) is 0 Å². The topological polar surface area (TPSA) is 40.5 Å². The van der Waals surface area contributed by atoms with Gasteiger partial charge in [0.2, 0.25) is 5.91 Å². The molecule has 3 nitrogen and oxygen atoms in total. The van der Waals surface area contributed by atoms with Crippen LogP contribution < -0.4 is 0 Å². The summed E-state index contributed by atoms with van der Waals surface area (Å²) in [5, 5.41) is 9.82. The highest BCUT2D eigenvalue weighted by atomic mass is 16.3. The van der Waals surface area contributed by atoms with E-state index in [-0.39, 0.29) is 17.2 Å². The quantitative estimate of drug-likeness (QED) is 0.801. The van der Waals surface area contributed by atoms with E-state index in [1.807, 2.05) is 18.7 Å². The maximum Gasteiger partial charge on any atom is 0.222 e. The van der Waals surface area contributed by atoms with Crippen molar-refractivity contribution in [1.29, 1.82) is 0 Å². The smallest absolute Gasteiger partial charge is 0.222 e. The number of nitrogens with zero attached hydrogens (tertiary/aromatic N) is 1. The molecule has 1 N–H and O–H groups in total. The van der Waals surface area contributed by atoms with Crippen LogP contribution in [0.5, 0.6) is 0 Å². The van der Waals surface area contributed by atoms with Gasteiger partial charge in [-0.05, 0) is 24.2 Å². The molecular weight excluding hydrogens is 202 g/mol. The van der Waals surface area contributed by atoms with Crippen LogP contribution in [0.1, 0.15) is 47.0 Å². The van der Waals surface area contributed by atoms with E-state index in [2.05, 4.69) is 13.8 Å². The summed E-state index contributed by atoms with van der Waals surface area (Å²) in [7, 11) is 0. The summed E-state index contributed by atoms with van der Waals surface area (Å²) in [4.78, 5) is 13.7. The van der Waals surface area contributed by atoms with E-state index in [0.717, 1.165) is 19.4 Å². The Hall–Kier alpha value is -0.570. The van der Waals surface area contributed by atoms with Gasteiger partial charge in [-0.3, -0.25) is 4.79 Å². The van der Waals surface area contributed by atoms with E-state index in [9.17, 15) is 9.90 Å². The number of hydrogen-bond donors (Lipinski definition) is 1. The molecule has 1 aliphatic rings. The van der Waals surface area contributed by atoms with Gasteiger partial charge in [-0.2, -0.15) is 0 Å². The SMILES string of the molecule is CC(C)C(O)CN1CCC(C)(C)CCC1=O. The second kappa shape index (κ2) is 5.17. The Morgan fingerprint density at radius 2 is 2.00 bits per heavy atom. The Kier molecular flexibility index (Phi) is 4.36. The molecule has 1 atom stereocenters. The van der Waals surface area contributed by atoms with Crippen molar-refractivity contribution in [2.24, 2.45) is 11.3 Å². The number of likely N-dealkylation sites (tertiary alicyclic amines) is 1. The molecule has 16 heavy (non-hydrogen) atoms. The molecule has 0 aliphatic carbocycles. The van der Waals surface area contributed by atoms with Crippen molar-refractivity contribution in [1.82, 2.24) is 4.90 Å². The van der Waals surface area contributed by atoms with Crippen molar-refractivity contribution in [2.75, 3.05) is 13.1 Å². The summed E-state index contributed by atoms with van der Waals surface area (Å²) in [6.07, 6.45) is 2.21. The number of carbonyl (C=O) groups is 1. The van der Waals surface area contributed by atoms with Crippen molar-refractivity contribution < 1.29 is 9.90 Å². The van der Waals surface area contributed by atoms with Crippen LogP contribution in [0.3, 0.4) is 0 Å². The zero-order chi connectivity index (χ0) is 12.3. The molecule has 94 valence electrons. The molecule has 1 heterocycles. The first kappa shape index (κ1) is 13.5. The minimum Gasteiger partial charge on any atom is -0.391 e. The molecule has 0 aromatic rings. The fourth-order valence-electron chi connectivity index (χ4n) is 1.92. The van der Waals surface area contributed by atoms with Gasteiger partial charge >= 0.3 is 0 Å². The zero-order valence-electron chi connectivity index (χ0n) is 11.0. The highest BCUT2D eigenvalue weighted by Crippen LogP contribution is 2.30. The monoisotopic (exact) mass is 227 g/mol. The van der Waals surface area contributed by atoms with E-state index in [1.165, 1.54) is 0 Å². The van der Waals surface area contributed by atoms with E-state index >= 15 is 0 Å². The molecule has 0 aromatic heterocycles. The number of amides is 1. The van der Waals surface area contributed by atoms with Crippen molar-refractivity contribution in [3.8, 4) is 0 Å². The highest BCUT2D eigenvalue weighted by Gasteiger charge is 2.28. The summed E-state index contributed by atoms with van der Waals surface area (Å²) in [5.41, 5.74) is 0.257. The van der Waals surface area contributed by atoms with Gasteiger partial charge in [-0.1, -0.05) is 27.7 Å². The van der Waals surface area contributed by atoms with Gasteiger partial charge in [0, 0.05) is 19.5 Å². The van der Waals surface area contributed by atoms with E-state index in [1.54, 1.807) is 0 Å². The molecule has 1 saturated heterocycles. The Morgan fingerprint density at radius 1 is 1.38 bits per heavy atom. The average Bonchev–Trinajstić information content (AvgIpc) is 2.30. The maximum absolute atomic E-state index is 11.9. The largest absolute Gasteiger partial charge is 0.391 e. The number of hydrogen-bond acceptors (Lipinski definition) is 2. The second-order valence-electron chi connectivity index (χ2n) is 6.07. The van der Waals surface area contributed by atoms with Gasteiger partial charge in [0.1, 0.15) is 0 Å². The van der Waals surface area contributed by atoms with E-state index in [4.69, 9.17) is 0 Å². The Morgan fingerprint density at radius 3 is 2.56 bits per heavy atom. The first-order chi connectivity index (χ1) is 7.32. The van der Waals surface area contributed by atoms with Crippen LogP contribution in [0.25, 0.3) is 0 Å². The van der Waals surface area contributed by atoms with Crippen molar-refractivity contribution in [2.45, 2.75) is 53.1 Å². The molecule has 3 heteroatoms. The number of rotatable bonds is 3. The molecule has 0 spiro atoms.